The summed E-state index contributed by atoms with van der Waals surface area (Å²) in [6, 6.07) is 32.2. The van der Waals surface area contributed by atoms with Gasteiger partial charge < -0.3 is 43.4 Å². The Morgan fingerprint density at radius 3 is 1.53 bits per heavy atom. The lowest BCUT2D eigenvalue weighted by atomic mass is 9.97. The smallest absolute Gasteiger partial charge is 0.338 e. The minimum atomic E-state index is -1.89. The number of aliphatic hydroxyl groups is 2. The summed E-state index contributed by atoms with van der Waals surface area (Å²) < 4.78 is 43.3. The van der Waals surface area contributed by atoms with Crippen LogP contribution in [0.2, 0.25) is 0 Å². The SMILES string of the molecule is O=C(OCC1OC(OC2[C@@H](O)[C@@H](CO)O[C@H]2n2ccc(=O)[nH]c2=O)C(OC(=O)c2ccccc2)C(OC(=O)c2ccccc2)C1OC(=O)c1ccccc1)c1ccccc1. The number of aliphatic hydroxyl groups excluding tert-OH is 2. The molecule has 2 saturated heterocycles. The quantitative estimate of drug-likeness (QED) is 0.114. The number of aromatic amines is 1. The van der Waals surface area contributed by atoms with Crippen LogP contribution in [0.1, 0.15) is 47.7 Å². The number of nitrogens with one attached hydrogen (secondary N) is 1. The second kappa shape index (κ2) is 18.9. The Balaban J connectivity index is 1.33. The Morgan fingerprint density at radius 1 is 0.583 bits per heavy atom. The van der Waals surface area contributed by atoms with E-state index in [0.29, 0.717) is 0 Å². The van der Waals surface area contributed by atoms with E-state index in [1.165, 1.54) is 48.5 Å². The van der Waals surface area contributed by atoms with Crippen molar-refractivity contribution in [1.29, 1.82) is 0 Å². The highest BCUT2D eigenvalue weighted by Gasteiger charge is 2.56. The van der Waals surface area contributed by atoms with Crippen molar-refractivity contribution >= 4 is 23.9 Å². The third kappa shape index (κ3) is 9.41. The number of esters is 4. The van der Waals surface area contributed by atoms with E-state index in [1.807, 2.05) is 0 Å². The minimum absolute atomic E-state index is 0.0448. The number of H-pyrrole nitrogens is 1. The highest BCUT2D eigenvalue weighted by Crippen LogP contribution is 2.37. The second-order valence-electron chi connectivity index (χ2n) is 13.6. The largest absolute Gasteiger partial charge is 0.459 e. The van der Waals surface area contributed by atoms with Gasteiger partial charge in [-0.2, -0.15) is 0 Å². The van der Waals surface area contributed by atoms with E-state index in [9.17, 15) is 39.0 Å². The summed E-state index contributed by atoms with van der Waals surface area (Å²) in [5.41, 5.74) is -1.35. The fraction of sp³-hybridized carbons (Fsp3) is 0.256. The maximum Gasteiger partial charge on any atom is 0.338 e. The van der Waals surface area contributed by atoms with Crippen molar-refractivity contribution in [2.24, 2.45) is 0 Å². The number of ether oxygens (including phenoxy) is 7. The minimum Gasteiger partial charge on any atom is -0.459 e. The topological polar surface area (TPSA) is 228 Å². The number of carbonyl (C=O) groups excluding carboxylic acids is 4. The van der Waals surface area contributed by atoms with Gasteiger partial charge in [0, 0.05) is 12.3 Å². The van der Waals surface area contributed by atoms with Gasteiger partial charge in [-0.05, 0) is 48.5 Å². The van der Waals surface area contributed by atoms with Crippen molar-refractivity contribution < 1.29 is 62.5 Å². The van der Waals surface area contributed by atoms with Crippen LogP contribution in [0.25, 0.3) is 0 Å². The summed E-state index contributed by atoms with van der Waals surface area (Å²) in [7, 11) is 0. The van der Waals surface area contributed by atoms with Crippen LogP contribution in [0.5, 0.6) is 0 Å². The highest BCUT2D eigenvalue weighted by atomic mass is 16.7. The normalized spacial score (nSPS) is 24.8. The van der Waals surface area contributed by atoms with Gasteiger partial charge in [0.2, 0.25) is 0 Å². The van der Waals surface area contributed by atoms with Gasteiger partial charge in [0.25, 0.3) is 5.56 Å². The number of benzene rings is 4. The van der Waals surface area contributed by atoms with Crippen molar-refractivity contribution in [3.05, 3.63) is 177 Å². The van der Waals surface area contributed by atoms with Crippen molar-refractivity contribution in [2.45, 2.75) is 55.2 Å². The van der Waals surface area contributed by atoms with E-state index >= 15 is 0 Å². The van der Waals surface area contributed by atoms with E-state index in [1.54, 1.807) is 72.8 Å². The van der Waals surface area contributed by atoms with E-state index in [0.717, 1.165) is 16.8 Å². The molecule has 0 bridgehead atoms. The molecule has 0 spiro atoms. The van der Waals surface area contributed by atoms with Crippen LogP contribution in [-0.2, 0) is 33.2 Å². The summed E-state index contributed by atoms with van der Waals surface area (Å²) in [6.45, 7) is -1.41. The van der Waals surface area contributed by atoms with Crippen LogP contribution in [0.4, 0.5) is 0 Å². The predicted molar refractivity (Wildman–Crippen MR) is 206 cm³/mol. The van der Waals surface area contributed by atoms with Crippen LogP contribution in [0, 0.1) is 0 Å². The number of nitrogens with zero attached hydrogens (tertiary/aromatic N) is 1. The third-order valence-electron chi connectivity index (χ3n) is 9.65. The van der Waals surface area contributed by atoms with Crippen LogP contribution >= 0.6 is 0 Å². The first-order valence-electron chi connectivity index (χ1n) is 18.7. The Morgan fingerprint density at radius 2 is 1.05 bits per heavy atom. The molecule has 7 rings (SSSR count). The molecule has 17 nitrogen and oxygen atoms in total. The zero-order valence-electron chi connectivity index (χ0n) is 31.5. The van der Waals surface area contributed by atoms with Gasteiger partial charge in [0.15, 0.2) is 30.8 Å². The second-order valence-corrected chi connectivity index (χ2v) is 13.6. The van der Waals surface area contributed by atoms with Gasteiger partial charge >= 0.3 is 29.6 Å². The van der Waals surface area contributed by atoms with Crippen molar-refractivity contribution in [1.82, 2.24) is 9.55 Å². The summed E-state index contributed by atoms with van der Waals surface area (Å²) >= 11 is 0. The molecule has 310 valence electrons. The molecular weight excluding hydrogens is 784 g/mol. The van der Waals surface area contributed by atoms with Crippen molar-refractivity contribution in [3.8, 4) is 0 Å². The van der Waals surface area contributed by atoms with Gasteiger partial charge in [-0.15, -0.1) is 0 Å². The zero-order chi connectivity index (χ0) is 42.2. The summed E-state index contributed by atoms with van der Waals surface area (Å²) in [5.74, 6) is -3.64. The number of hydrogen-bond donors (Lipinski definition) is 3. The zero-order valence-corrected chi connectivity index (χ0v) is 31.5. The van der Waals surface area contributed by atoms with Gasteiger partial charge in [0.1, 0.15) is 31.0 Å². The number of aromatic nitrogens is 2. The van der Waals surface area contributed by atoms with Crippen LogP contribution in [-0.4, -0.2) is 106 Å². The molecule has 3 heterocycles. The predicted octanol–water partition coefficient (Wildman–Crippen LogP) is 2.43. The molecule has 4 aromatic carbocycles. The lowest BCUT2D eigenvalue weighted by molar-refractivity contribution is -0.317. The third-order valence-corrected chi connectivity index (χ3v) is 9.65. The number of rotatable bonds is 13. The van der Waals surface area contributed by atoms with Crippen molar-refractivity contribution in [3.63, 3.8) is 0 Å². The van der Waals surface area contributed by atoms with Crippen LogP contribution < -0.4 is 11.2 Å². The maximum atomic E-state index is 13.9. The Bertz CT molecular complexity index is 2380. The molecule has 2 aliphatic heterocycles. The molecular formula is C43H38N2O15. The molecule has 5 aromatic rings. The Kier molecular flexibility index (Phi) is 13.0. The first kappa shape index (κ1) is 41.4. The van der Waals surface area contributed by atoms with Crippen LogP contribution in [0.3, 0.4) is 0 Å². The lowest BCUT2D eigenvalue weighted by Gasteiger charge is -2.45. The fourth-order valence-electron chi connectivity index (χ4n) is 6.66. The molecule has 0 aliphatic carbocycles. The maximum absolute atomic E-state index is 13.9. The fourth-order valence-corrected chi connectivity index (χ4v) is 6.66. The van der Waals surface area contributed by atoms with Gasteiger partial charge in [0.05, 0.1) is 28.9 Å². The van der Waals surface area contributed by atoms with Crippen molar-refractivity contribution in [2.75, 3.05) is 13.2 Å². The standard InChI is InChI=1S/C43H38N2O15/c46-23-29-32(48)34(37(55-29)45-22-21-31(47)44-43(45)53)60-42-36(59-41(52)28-19-11-4-12-20-28)35(58-40(51)27-17-9-3-10-18-27)33(57-39(50)26-15-7-2-8-16-26)30(56-42)24-54-38(49)25-13-5-1-6-14-25/h1-22,29-30,32-37,42,46,48H,23-24H2,(H,44,47,53)/t29-,30?,32+,33?,34?,35?,36?,37-,42?/m1/s1. The summed E-state index contributed by atoms with van der Waals surface area (Å²) in [4.78, 5) is 81.9. The molecule has 1 aromatic heterocycles. The average molecular weight is 823 g/mol. The summed E-state index contributed by atoms with van der Waals surface area (Å²) in [5, 5.41) is 21.6. The number of carbonyl (C=O) groups is 4. The molecule has 0 radical (unpaired) electrons. The molecule has 17 heteroatoms. The van der Waals surface area contributed by atoms with E-state index in [4.69, 9.17) is 33.2 Å². The van der Waals surface area contributed by atoms with Gasteiger partial charge in [-0.1, -0.05) is 72.8 Å². The molecule has 60 heavy (non-hydrogen) atoms. The van der Waals surface area contributed by atoms with E-state index in [2.05, 4.69) is 4.98 Å². The Hall–Kier alpha value is -6.76. The van der Waals surface area contributed by atoms with Crippen LogP contribution in [0.15, 0.2) is 143 Å². The summed E-state index contributed by atoms with van der Waals surface area (Å²) in [6.07, 6.45) is -13.9. The molecule has 2 aliphatic rings. The monoisotopic (exact) mass is 822 g/mol. The average Bonchev–Trinajstić information content (AvgIpc) is 3.59. The molecule has 6 unspecified atom stereocenters. The van der Waals surface area contributed by atoms with Gasteiger partial charge in [-0.3, -0.25) is 14.3 Å². The molecule has 9 atom stereocenters. The van der Waals surface area contributed by atoms with E-state index < -0.39 is 104 Å². The lowest BCUT2D eigenvalue weighted by Crippen LogP contribution is -2.64. The number of hydrogen-bond acceptors (Lipinski definition) is 15. The van der Waals surface area contributed by atoms with Gasteiger partial charge in [-0.25, -0.2) is 24.0 Å². The first-order chi connectivity index (χ1) is 29.1. The highest BCUT2D eigenvalue weighted by molar-refractivity contribution is 5.91. The first-order valence-corrected chi connectivity index (χ1v) is 18.7. The molecule has 3 N–H and O–H groups in total. The van der Waals surface area contributed by atoms with E-state index in [-0.39, 0.29) is 22.3 Å². The molecule has 2 fully saturated rings. The molecule has 0 amide bonds. The molecule has 0 saturated carbocycles. The Labute approximate surface area is 340 Å².